The van der Waals surface area contributed by atoms with E-state index in [0.717, 1.165) is 16.9 Å². The monoisotopic (exact) mass is 412 g/mol. The van der Waals surface area contributed by atoms with Gasteiger partial charge in [-0.2, -0.15) is 0 Å². The molecule has 3 rings (SSSR count). The van der Waals surface area contributed by atoms with Crippen molar-refractivity contribution in [3.63, 3.8) is 0 Å². The third-order valence-electron chi connectivity index (χ3n) is 2.93. The number of hydrogen-bond donors (Lipinski definition) is 1. The van der Waals surface area contributed by atoms with Gasteiger partial charge in [-0.25, -0.2) is 0 Å². The number of carbonyl (C=O) groups excluding carboxylic acids is 1. The molecule has 0 aliphatic heterocycles. The molecule has 11 heteroatoms. The van der Waals surface area contributed by atoms with E-state index in [4.69, 9.17) is 11.6 Å². The summed E-state index contributed by atoms with van der Waals surface area (Å²) in [5, 5.41) is 23.6. The molecule has 0 saturated heterocycles. The van der Waals surface area contributed by atoms with E-state index in [-0.39, 0.29) is 10.6 Å². The summed E-state index contributed by atoms with van der Waals surface area (Å²) in [4.78, 5) is 22.2. The molecule has 1 N–H and O–H groups in total. The van der Waals surface area contributed by atoms with Gasteiger partial charge in [0.25, 0.3) is 5.91 Å². The first-order valence-electron chi connectivity index (χ1n) is 6.76. The highest BCUT2D eigenvalue weighted by atomic mass is 35.5. The van der Waals surface area contributed by atoms with Crippen molar-refractivity contribution in [2.24, 2.45) is 0 Å². The van der Waals surface area contributed by atoms with Crippen molar-refractivity contribution in [3.8, 4) is 0 Å². The van der Waals surface area contributed by atoms with Crippen LogP contribution in [0.1, 0.15) is 15.9 Å². The molecule has 0 fully saturated rings. The average Bonchev–Trinajstić information content (AvgIpc) is 3.24. The van der Waals surface area contributed by atoms with E-state index in [9.17, 15) is 14.9 Å². The SMILES string of the molecule is O=C(Nc1nnc(SCc2ccc(Cl)cc2)s1)c1csc([N+](=O)[O-])c1. The van der Waals surface area contributed by atoms with Crippen molar-refractivity contribution in [2.45, 2.75) is 10.1 Å². The lowest BCUT2D eigenvalue weighted by Gasteiger charge is -1.98. The maximum absolute atomic E-state index is 12.1. The van der Waals surface area contributed by atoms with Gasteiger partial charge in [0.1, 0.15) is 0 Å². The summed E-state index contributed by atoms with van der Waals surface area (Å²) in [5.74, 6) is 0.256. The van der Waals surface area contributed by atoms with Crippen LogP contribution in [-0.4, -0.2) is 21.0 Å². The predicted octanol–water partition coefficient (Wildman–Crippen LogP) is 4.71. The molecule has 1 amide bonds. The van der Waals surface area contributed by atoms with Gasteiger partial charge in [-0.1, -0.05) is 58.2 Å². The Morgan fingerprint density at radius 3 is 2.76 bits per heavy atom. The van der Waals surface area contributed by atoms with Gasteiger partial charge in [0, 0.05) is 22.2 Å². The summed E-state index contributed by atoms with van der Waals surface area (Å²) >= 11 is 9.49. The standard InChI is InChI=1S/C14H9ClN4O3S3/c15-10-3-1-8(2-4-10)6-24-14-18-17-13(25-14)16-12(20)9-5-11(19(21)22)23-7-9/h1-5,7H,6H2,(H,16,17,20). The Kier molecular flexibility index (Phi) is 5.63. The molecule has 2 heterocycles. The zero-order valence-corrected chi connectivity index (χ0v) is 15.5. The smallest absolute Gasteiger partial charge is 0.296 e. The quantitative estimate of drug-likeness (QED) is 0.272. The first-order chi connectivity index (χ1) is 12.0. The predicted molar refractivity (Wildman–Crippen MR) is 99.8 cm³/mol. The van der Waals surface area contributed by atoms with Gasteiger partial charge in [0.15, 0.2) is 4.34 Å². The zero-order valence-electron chi connectivity index (χ0n) is 12.3. The minimum Gasteiger partial charge on any atom is -0.296 e. The van der Waals surface area contributed by atoms with E-state index in [1.165, 1.54) is 34.5 Å². The van der Waals surface area contributed by atoms with Crippen LogP contribution in [0.3, 0.4) is 0 Å². The maximum Gasteiger partial charge on any atom is 0.324 e. The van der Waals surface area contributed by atoms with Gasteiger partial charge in [-0.15, -0.1) is 10.2 Å². The second kappa shape index (κ2) is 7.91. The molecule has 0 saturated carbocycles. The fourth-order valence-electron chi connectivity index (χ4n) is 1.75. The number of halogens is 1. The van der Waals surface area contributed by atoms with Gasteiger partial charge in [0.2, 0.25) is 5.13 Å². The second-order valence-corrected chi connectivity index (χ2v) is 8.20. The number of aromatic nitrogens is 2. The molecule has 128 valence electrons. The van der Waals surface area contributed by atoms with Crippen LogP contribution in [0, 0.1) is 10.1 Å². The van der Waals surface area contributed by atoms with E-state index in [2.05, 4.69) is 15.5 Å². The molecule has 0 aliphatic rings. The average molecular weight is 413 g/mol. The van der Waals surface area contributed by atoms with Crippen molar-refractivity contribution in [2.75, 3.05) is 5.32 Å². The topological polar surface area (TPSA) is 98.0 Å². The van der Waals surface area contributed by atoms with Crippen LogP contribution in [0.25, 0.3) is 0 Å². The molecular weight excluding hydrogens is 404 g/mol. The molecule has 0 aliphatic carbocycles. The zero-order chi connectivity index (χ0) is 17.8. The number of nitrogens with zero attached hydrogens (tertiary/aromatic N) is 3. The van der Waals surface area contributed by atoms with Crippen LogP contribution in [-0.2, 0) is 5.75 Å². The van der Waals surface area contributed by atoms with Crippen molar-refractivity contribution < 1.29 is 9.72 Å². The van der Waals surface area contributed by atoms with Gasteiger partial charge in [0.05, 0.1) is 10.5 Å². The largest absolute Gasteiger partial charge is 0.324 e. The number of nitro groups is 1. The Bertz CT molecular complexity index is 910. The van der Waals surface area contributed by atoms with Gasteiger partial charge in [-0.3, -0.25) is 20.2 Å². The van der Waals surface area contributed by atoms with Crippen LogP contribution in [0.2, 0.25) is 5.02 Å². The van der Waals surface area contributed by atoms with Crippen molar-refractivity contribution >= 4 is 62.1 Å². The number of rotatable bonds is 6. The van der Waals surface area contributed by atoms with Crippen molar-refractivity contribution in [1.82, 2.24) is 10.2 Å². The second-order valence-electron chi connectivity index (χ2n) is 4.67. The Balaban J connectivity index is 1.58. The third-order valence-corrected chi connectivity index (χ3v) is 6.11. The van der Waals surface area contributed by atoms with E-state index in [1.54, 1.807) is 0 Å². The van der Waals surface area contributed by atoms with Crippen LogP contribution in [0.4, 0.5) is 10.1 Å². The molecule has 0 spiro atoms. The lowest BCUT2D eigenvalue weighted by Crippen LogP contribution is -2.10. The summed E-state index contributed by atoms with van der Waals surface area (Å²) in [6.07, 6.45) is 0. The minimum atomic E-state index is -0.530. The van der Waals surface area contributed by atoms with Crippen LogP contribution in [0.5, 0.6) is 0 Å². The van der Waals surface area contributed by atoms with E-state index in [1.807, 2.05) is 24.3 Å². The molecule has 2 aromatic heterocycles. The molecule has 3 aromatic rings. The Morgan fingerprint density at radius 2 is 2.08 bits per heavy atom. The first-order valence-corrected chi connectivity index (χ1v) is 9.82. The van der Waals surface area contributed by atoms with E-state index < -0.39 is 10.8 Å². The Morgan fingerprint density at radius 1 is 1.32 bits per heavy atom. The van der Waals surface area contributed by atoms with Crippen molar-refractivity contribution in [1.29, 1.82) is 0 Å². The highest BCUT2D eigenvalue weighted by molar-refractivity contribution is 8.00. The molecule has 0 unspecified atom stereocenters. The van der Waals surface area contributed by atoms with E-state index >= 15 is 0 Å². The number of nitrogens with one attached hydrogen (secondary N) is 1. The molecule has 25 heavy (non-hydrogen) atoms. The number of anilines is 1. The van der Waals surface area contributed by atoms with Gasteiger partial charge >= 0.3 is 5.00 Å². The maximum atomic E-state index is 12.1. The summed E-state index contributed by atoms with van der Waals surface area (Å²) in [7, 11) is 0. The number of hydrogen-bond acceptors (Lipinski definition) is 8. The van der Waals surface area contributed by atoms with Crippen LogP contribution in [0.15, 0.2) is 40.1 Å². The Labute approximate surface area is 159 Å². The molecule has 0 radical (unpaired) electrons. The number of thiophene rings is 1. The fourth-order valence-corrected chi connectivity index (χ4v) is 4.29. The number of thioether (sulfide) groups is 1. The normalized spacial score (nSPS) is 10.6. The lowest BCUT2D eigenvalue weighted by molar-refractivity contribution is -0.380. The van der Waals surface area contributed by atoms with Crippen LogP contribution < -0.4 is 5.32 Å². The van der Waals surface area contributed by atoms with Gasteiger partial charge in [-0.05, 0) is 17.7 Å². The summed E-state index contributed by atoms with van der Waals surface area (Å²) in [6, 6.07) is 8.74. The first kappa shape index (κ1) is 17.8. The molecular formula is C14H9ClN4O3S3. The molecule has 0 bridgehead atoms. The number of amides is 1. The lowest BCUT2D eigenvalue weighted by atomic mass is 10.2. The molecule has 1 aromatic carbocycles. The number of benzene rings is 1. The van der Waals surface area contributed by atoms with E-state index in [0.29, 0.717) is 20.2 Å². The van der Waals surface area contributed by atoms with Crippen LogP contribution >= 0.6 is 46.0 Å². The highest BCUT2D eigenvalue weighted by Gasteiger charge is 2.16. The number of carbonyl (C=O) groups is 1. The summed E-state index contributed by atoms with van der Waals surface area (Å²) in [6.45, 7) is 0. The Hall–Kier alpha value is -2.01. The molecule has 7 nitrogen and oxygen atoms in total. The molecule has 0 atom stereocenters. The minimum absolute atomic E-state index is 0.0818. The summed E-state index contributed by atoms with van der Waals surface area (Å²) in [5.41, 5.74) is 1.32. The van der Waals surface area contributed by atoms with Crippen molar-refractivity contribution in [3.05, 3.63) is 62.0 Å². The summed E-state index contributed by atoms with van der Waals surface area (Å²) < 4.78 is 0.710. The van der Waals surface area contributed by atoms with Gasteiger partial charge < -0.3 is 0 Å². The third kappa shape index (κ3) is 4.75. The highest BCUT2D eigenvalue weighted by Crippen LogP contribution is 2.29. The fraction of sp³-hybridized carbons (Fsp3) is 0.0714.